The van der Waals surface area contributed by atoms with Crippen molar-refractivity contribution >= 4 is 35.8 Å². The average Bonchev–Trinajstić information content (AvgIpc) is 3.35. The number of carbonyl (C=O) groups is 4. The molecule has 0 bridgehead atoms. The van der Waals surface area contributed by atoms with Crippen LogP contribution in [0.5, 0.6) is 5.75 Å². The molecule has 2 aromatic heterocycles. The number of nitrogens with one attached hydrogen (secondary N) is 2. The summed E-state index contributed by atoms with van der Waals surface area (Å²) in [6.45, 7) is 2.23. The summed E-state index contributed by atoms with van der Waals surface area (Å²) < 4.78 is 5.86. The third kappa shape index (κ3) is 5.82. The minimum atomic E-state index is -0.477. The van der Waals surface area contributed by atoms with Crippen LogP contribution in [-0.4, -0.2) is 65.2 Å². The highest BCUT2D eigenvalue weighted by atomic mass is 16.5. The second kappa shape index (κ2) is 11.5. The van der Waals surface area contributed by atoms with Gasteiger partial charge in [-0.15, -0.1) is 0 Å². The number of hydrogen-bond acceptors (Lipinski definition) is 8. The molecule has 202 valence electrons. The van der Waals surface area contributed by atoms with Crippen LogP contribution in [0.4, 0.5) is 16.4 Å². The summed E-state index contributed by atoms with van der Waals surface area (Å²) in [6, 6.07) is 4.92. The molecule has 3 aliphatic rings. The Morgan fingerprint density at radius 1 is 1.26 bits per heavy atom. The van der Waals surface area contributed by atoms with Gasteiger partial charge in [0.05, 0.1) is 12.8 Å². The number of aryl methyl sites for hydroxylation is 1. The van der Waals surface area contributed by atoms with Crippen LogP contribution in [0, 0.1) is 17.2 Å². The summed E-state index contributed by atoms with van der Waals surface area (Å²) in [5.41, 5.74) is 1.93. The highest BCUT2D eigenvalue weighted by Crippen LogP contribution is 2.29. The molecule has 3 aliphatic heterocycles. The second-order valence-corrected chi connectivity index (χ2v) is 9.93. The lowest BCUT2D eigenvalue weighted by atomic mass is 9.99. The number of urea groups is 1. The van der Waals surface area contributed by atoms with Gasteiger partial charge >= 0.3 is 6.03 Å². The van der Waals surface area contributed by atoms with Crippen LogP contribution in [0.15, 0.2) is 18.3 Å². The molecule has 0 radical (unpaired) electrons. The van der Waals surface area contributed by atoms with E-state index in [1.807, 2.05) is 12.1 Å². The number of fused-ring (bicyclic) bond motifs is 1. The molecule has 4 amide bonds. The van der Waals surface area contributed by atoms with Gasteiger partial charge in [-0.25, -0.2) is 14.8 Å². The van der Waals surface area contributed by atoms with Crippen LogP contribution >= 0.6 is 0 Å². The van der Waals surface area contributed by atoms with E-state index >= 15 is 0 Å². The number of nitriles is 1. The first-order valence-electron chi connectivity index (χ1n) is 13.1. The molecule has 0 aromatic carbocycles. The third-order valence-electron chi connectivity index (χ3n) is 7.21. The lowest BCUT2D eigenvalue weighted by molar-refractivity contribution is -0.128. The van der Waals surface area contributed by atoms with E-state index in [1.54, 1.807) is 4.90 Å². The van der Waals surface area contributed by atoms with Gasteiger partial charge in [0.1, 0.15) is 34.7 Å². The Labute approximate surface area is 225 Å². The lowest BCUT2D eigenvalue weighted by Crippen LogP contribution is -2.40. The topological polar surface area (TPSA) is 158 Å². The molecule has 0 spiro atoms. The molecule has 0 aliphatic carbocycles. The van der Waals surface area contributed by atoms with Gasteiger partial charge in [-0.1, -0.05) is 0 Å². The number of ether oxygens (including phenoxy) is 1. The summed E-state index contributed by atoms with van der Waals surface area (Å²) in [5, 5.41) is 15.0. The molecule has 0 saturated carbocycles. The number of carbonyl (C=O) groups excluding carboxylic acids is 4. The third-order valence-corrected chi connectivity index (χ3v) is 7.21. The summed E-state index contributed by atoms with van der Waals surface area (Å²) in [4.78, 5) is 60.8. The van der Waals surface area contributed by atoms with Gasteiger partial charge in [-0.3, -0.25) is 24.6 Å². The van der Waals surface area contributed by atoms with E-state index in [2.05, 4.69) is 20.6 Å². The van der Waals surface area contributed by atoms with Crippen molar-refractivity contribution in [3.63, 3.8) is 0 Å². The van der Waals surface area contributed by atoms with Gasteiger partial charge in [0.2, 0.25) is 11.8 Å². The Morgan fingerprint density at radius 3 is 2.85 bits per heavy atom. The van der Waals surface area contributed by atoms with Crippen LogP contribution in [0.2, 0.25) is 0 Å². The van der Waals surface area contributed by atoms with E-state index in [4.69, 9.17) is 4.74 Å². The van der Waals surface area contributed by atoms with Crippen molar-refractivity contribution in [1.82, 2.24) is 20.2 Å². The fourth-order valence-corrected chi connectivity index (χ4v) is 5.15. The van der Waals surface area contributed by atoms with E-state index < -0.39 is 6.03 Å². The maximum atomic E-state index is 13.3. The van der Waals surface area contributed by atoms with E-state index in [0.29, 0.717) is 69.5 Å². The molecule has 39 heavy (non-hydrogen) atoms. The zero-order valence-corrected chi connectivity index (χ0v) is 21.4. The molecule has 5 rings (SSSR count). The fourth-order valence-electron chi connectivity index (χ4n) is 5.15. The normalized spacial score (nSPS) is 18.7. The first-order valence-corrected chi connectivity index (χ1v) is 13.1. The van der Waals surface area contributed by atoms with E-state index in [1.165, 1.54) is 17.2 Å². The highest BCUT2D eigenvalue weighted by Gasteiger charge is 2.28. The highest BCUT2D eigenvalue weighted by molar-refractivity contribution is 6.01. The molecule has 1 atom stereocenters. The predicted octanol–water partition coefficient (Wildman–Crippen LogP) is 2.17. The minimum Gasteiger partial charge on any atom is -0.492 e. The molecule has 12 heteroatoms. The molecule has 2 saturated heterocycles. The van der Waals surface area contributed by atoms with Gasteiger partial charge < -0.3 is 15.0 Å². The standard InChI is InChI=1S/C27H29N7O5/c28-12-20-13-30-23(11-22(20)39-16-17-5-6-29-24(36)9-17)32-27(38)34-8-1-3-18-10-19(21(15-35)31-26(18)34)14-33-7-2-4-25(33)37/h10-11,13,15,17H,1-9,14,16H2,(H,29,36)(H,30,32,38)/t17-/m1/s1. The summed E-state index contributed by atoms with van der Waals surface area (Å²) in [5.74, 6) is 0.944. The molecule has 12 nitrogen and oxygen atoms in total. The van der Waals surface area contributed by atoms with Crippen molar-refractivity contribution in [2.75, 3.05) is 36.5 Å². The number of pyridine rings is 2. The van der Waals surface area contributed by atoms with E-state index in [-0.39, 0.29) is 47.2 Å². The monoisotopic (exact) mass is 531 g/mol. The Morgan fingerprint density at radius 2 is 2.10 bits per heavy atom. The first kappa shape index (κ1) is 26.1. The van der Waals surface area contributed by atoms with Crippen molar-refractivity contribution < 1.29 is 23.9 Å². The minimum absolute atomic E-state index is 0.0251. The molecule has 0 unspecified atom stereocenters. The SMILES string of the molecule is N#Cc1cnc(NC(=O)N2CCCc3cc(CN4CCCC4=O)c(C=O)nc32)cc1OC[C@@H]1CCNC(=O)C1. The molecule has 2 aromatic rings. The average molecular weight is 532 g/mol. The summed E-state index contributed by atoms with van der Waals surface area (Å²) in [6.07, 6.45) is 5.83. The molecular weight excluding hydrogens is 502 g/mol. The summed E-state index contributed by atoms with van der Waals surface area (Å²) in [7, 11) is 0. The van der Waals surface area contributed by atoms with Crippen molar-refractivity contribution in [1.29, 1.82) is 5.26 Å². The number of piperidine rings is 1. The van der Waals surface area contributed by atoms with Crippen LogP contribution in [-0.2, 0) is 22.6 Å². The zero-order chi connectivity index (χ0) is 27.4. The first-order chi connectivity index (χ1) is 18.9. The number of aldehydes is 1. The van der Waals surface area contributed by atoms with Crippen molar-refractivity contribution in [2.24, 2.45) is 5.92 Å². The second-order valence-electron chi connectivity index (χ2n) is 9.93. The number of likely N-dealkylation sites (tertiary alicyclic amines) is 1. The van der Waals surface area contributed by atoms with Crippen LogP contribution < -0.4 is 20.3 Å². The van der Waals surface area contributed by atoms with Crippen molar-refractivity contribution in [3.8, 4) is 11.8 Å². The Balaban J connectivity index is 1.31. The van der Waals surface area contributed by atoms with Crippen molar-refractivity contribution in [3.05, 3.63) is 40.7 Å². The predicted molar refractivity (Wildman–Crippen MR) is 139 cm³/mol. The maximum absolute atomic E-state index is 13.3. The molecule has 2 fully saturated rings. The van der Waals surface area contributed by atoms with E-state index in [9.17, 15) is 24.4 Å². The summed E-state index contributed by atoms with van der Waals surface area (Å²) >= 11 is 0. The Hall–Kier alpha value is -4.53. The maximum Gasteiger partial charge on any atom is 0.328 e. The molecular formula is C27H29N7O5. The quantitative estimate of drug-likeness (QED) is 0.515. The molecule has 2 N–H and O–H groups in total. The Kier molecular flexibility index (Phi) is 7.67. The lowest BCUT2D eigenvalue weighted by Gasteiger charge is -2.29. The number of anilines is 2. The number of nitrogens with zero attached hydrogens (tertiary/aromatic N) is 5. The van der Waals surface area contributed by atoms with Gasteiger partial charge in [0, 0.05) is 56.6 Å². The smallest absolute Gasteiger partial charge is 0.328 e. The van der Waals surface area contributed by atoms with Gasteiger partial charge in [0.25, 0.3) is 0 Å². The zero-order valence-electron chi connectivity index (χ0n) is 21.4. The van der Waals surface area contributed by atoms with Crippen LogP contribution in [0.1, 0.15) is 59.3 Å². The fraction of sp³-hybridized carbons (Fsp3) is 0.444. The van der Waals surface area contributed by atoms with Gasteiger partial charge in [-0.2, -0.15) is 5.26 Å². The number of aromatic nitrogens is 2. The van der Waals surface area contributed by atoms with Crippen molar-refractivity contribution in [2.45, 2.75) is 45.1 Å². The van der Waals surface area contributed by atoms with E-state index in [0.717, 1.165) is 18.4 Å². The molecule has 5 heterocycles. The van der Waals surface area contributed by atoms with Crippen LogP contribution in [0.3, 0.4) is 0 Å². The number of amides is 4. The Bertz CT molecular complexity index is 1350. The van der Waals surface area contributed by atoms with Gasteiger partial charge in [-0.05, 0) is 37.3 Å². The number of rotatable bonds is 7. The van der Waals surface area contributed by atoms with Gasteiger partial charge in [0.15, 0.2) is 6.29 Å². The largest absolute Gasteiger partial charge is 0.492 e. The van der Waals surface area contributed by atoms with Crippen LogP contribution in [0.25, 0.3) is 0 Å². The number of hydrogen-bond donors (Lipinski definition) is 2.